The smallest absolute Gasteiger partial charge is 0.0967 e. The first-order chi connectivity index (χ1) is 30.3. The molecule has 0 amide bonds. The molecule has 0 aliphatic heterocycles. The number of rotatable bonds is 1. The van der Waals surface area contributed by atoms with Gasteiger partial charge in [-0.1, -0.05) is 194 Å². The minimum atomic E-state index is 0.0307. The Kier molecular flexibility index (Phi) is 7.71. The molecule has 2 heteroatoms. The molecule has 0 radical (unpaired) electrons. The van der Waals surface area contributed by atoms with E-state index in [9.17, 15) is 0 Å². The van der Waals surface area contributed by atoms with E-state index in [1.165, 1.54) is 131 Å². The molecule has 0 unspecified atom stereocenters. The molecular formula is C59H36Cl2. The van der Waals surface area contributed by atoms with E-state index >= 15 is 0 Å². The van der Waals surface area contributed by atoms with Crippen LogP contribution in [0.25, 0.3) is 108 Å². The van der Waals surface area contributed by atoms with Crippen LogP contribution in [-0.2, 0) is 0 Å². The molecule has 0 bridgehead atoms. The van der Waals surface area contributed by atoms with Crippen molar-refractivity contribution in [1.29, 1.82) is 0 Å². The van der Waals surface area contributed by atoms with Crippen LogP contribution in [0.15, 0.2) is 194 Å². The van der Waals surface area contributed by atoms with E-state index in [4.69, 9.17) is 23.2 Å². The zero-order chi connectivity index (χ0) is 40.3. The van der Waals surface area contributed by atoms with Gasteiger partial charge in [-0.25, -0.2) is 0 Å². The number of hydrogen-bond acceptors (Lipinski definition) is 0. The normalized spacial score (nSPS) is 13.3. The van der Waals surface area contributed by atoms with Crippen molar-refractivity contribution in [2.24, 2.45) is 0 Å². The first kappa shape index (κ1) is 35.1. The van der Waals surface area contributed by atoms with Gasteiger partial charge in [-0.3, -0.25) is 0 Å². The summed E-state index contributed by atoms with van der Waals surface area (Å²) in [6.07, 6.45) is 0. The molecule has 0 aromatic heterocycles. The number of benzene rings is 12. The first-order valence-electron chi connectivity index (χ1n) is 21.1. The van der Waals surface area contributed by atoms with Gasteiger partial charge in [0.15, 0.2) is 0 Å². The van der Waals surface area contributed by atoms with Crippen molar-refractivity contribution in [3.63, 3.8) is 0 Å². The zero-order valence-electron chi connectivity index (χ0n) is 33.1. The zero-order valence-corrected chi connectivity index (χ0v) is 34.6. The van der Waals surface area contributed by atoms with E-state index in [1.807, 2.05) is 0 Å². The van der Waals surface area contributed by atoms with E-state index in [0.29, 0.717) is 0 Å². The maximum absolute atomic E-state index is 4.76. The molecule has 14 rings (SSSR count). The Morgan fingerprint density at radius 3 is 0.525 bits per heavy atom. The Bertz CT molecular complexity index is 3340. The number of hydrogen-bond donors (Lipinski definition) is 0. The lowest BCUT2D eigenvalue weighted by Crippen LogP contribution is -2.12. The minimum absolute atomic E-state index is 0.0307. The standard InChI is InChI=1S/C58H34.CH2Cl2/c1-9-25-41-33(17-1)37-21-5-13-29-45(37)53-49(41)50-42-26-10-2-18-34(42)38-22-6-14-30-46(38)54(50)57(53)58-55-47-31-15-7-23-39(47)35-19-3-11-27-43(35)51(55)52-44-28-12-4-20-36(44)40-24-8-16-32-48(40)56(52)58;2-1-3/h1-32,57-58H;1H2. The van der Waals surface area contributed by atoms with Crippen LogP contribution >= 0.6 is 23.2 Å². The summed E-state index contributed by atoms with van der Waals surface area (Å²) in [5.41, 5.74) is 11.5. The maximum Gasteiger partial charge on any atom is 0.0967 e. The fraction of sp³-hybridized carbons (Fsp3) is 0.0508. The van der Waals surface area contributed by atoms with Gasteiger partial charge < -0.3 is 0 Å². The molecule has 0 heterocycles. The average Bonchev–Trinajstić information content (AvgIpc) is 3.88. The van der Waals surface area contributed by atoms with Crippen molar-refractivity contribution in [3.05, 3.63) is 216 Å². The molecule has 0 saturated heterocycles. The summed E-state index contributed by atoms with van der Waals surface area (Å²) in [7, 11) is 0. The van der Waals surface area contributed by atoms with Crippen LogP contribution in [0, 0.1) is 0 Å². The van der Waals surface area contributed by atoms with Crippen LogP contribution < -0.4 is 0 Å². The van der Waals surface area contributed by atoms with Crippen LogP contribution in [0.1, 0.15) is 34.1 Å². The van der Waals surface area contributed by atoms with Gasteiger partial charge in [0.1, 0.15) is 0 Å². The lowest BCUT2D eigenvalue weighted by Gasteiger charge is -2.28. The Hall–Kier alpha value is -6.70. The second-order valence-electron chi connectivity index (χ2n) is 16.6. The van der Waals surface area contributed by atoms with Crippen molar-refractivity contribution < 1.29 is 0 Å². The Balaban J connectivity index is 0.00000124. The van der Waals surface area contributed by atoms with E-state index in [-0.39, 0.29) is 17.2 Å². The van der Waals surface area contributed by atoms with Gasteiger partial charge in [-0.15, -0.1) is 23.2 Å². The molecule has 0 atom stereocenters. The lowest BCUT2D eigenvalue weighted by molar-refractivity contribution is 0.743. The van der Waals surface area contributed by atoms with Crippen LogP contribution in [0.3, 0.4) is 0 Å². The van der Waals surface area contributed by atoms with Crippen molar-refractivity contribution >= 4 is 109 Å². The summed E-state index contributed by atoms with van der Waals surface area (Å²) in [5, 5.41) is 21.6. The van der Waals surface area contributed by atoms with Gasteiger partial charge in [0.25, 0.3) is 0 Å². The molecule has 0 spiro atoms. The Morgan fingerprint density at radius 2 is 0.344 bits per heavy atom. The Morgan fingerprint density at radius 1 is 0.213 bits per heavy atom. The largest absolute Gasteiger partial charge is 0.109 e. The molecule has 12 aromatic carbocycles. The summed E-state index contributed by atoms with van der Waals surface area (Å²) >= 11 is 9.53. The average molecular weight is 816 g/mol. The second kappa shape index (κ2) is 13.4. The third-order valence-corrected chi connectivity index (χ3v) is 14.0. The fourth-order valence-electron chi connectivity index (χ4n) is 12.0. The summed E-state index contributed by atoms with van der Waals surface area (Å²) in [6, 6.07) is 73.8. The van der Waals surface area contributed by atoms with Crippen molar-refractivity contribution in [2.45, 2.75) is 11.8 Å². The van der Waals surface area contributed by atoms with Crippen molar-refractivity contribution in [1.82, 2.24) is 0 Å². The van der Waals surface area contributed by atoms with Crippen molar-refractivity contribution in [3.8, 4) is 22.3 Å². The molecule has 12 aromatic rings. The number of halogens is 2. The molecule has 0 saturated carbocycles. The molecule has 286 valence electrons. The fourth-order valence-corrected chi connectivity index (χ4v) is 12.0. The highest BCUT2D eigenvalue weighted by molar-refractivity contribution is 6.40. The molecule has 0 fully saturated rings. The molecular weight excluding hydrogens is 780 g/mol. The highest BCUT2D eigenvalue weighted by Crippen LogP contribution is 2.67. The van der Waals surface area contributed by atoms with Gasteiger partial charge in [0.2, 0.25) is 0 Å². The second-order valence-corrected chi connectivity index (χ2v) is 17.4. The molecule has 2 aliphatic carbocycles. The van der Waals surface area contributed by atoms with Gasteiger partial charge in [0.05, 0.1) is 5.34 Å². The molecule has 2 aliphatic rings. The van der Waals surface area contributed by atoms with E-state index in [0.717, 1.165) is 0 Å². The molecule has 0 N–H and O–H groups in total. The predicted octanol–water partition coefficient (Wildman–Crippen LogP) is 17.3. The van der Waals surface area contributed by atoms with E-state index < -0.39 is 0 Å². The van der Waals surface area contributed by atoms with Crippen molar-refractivity contribution in [2.75, 3.05) is 5.34 Å². The summed E-state index contributed by atoms with van der Waals surface area (Å²) in [4.78, 5) is 0. The predicted molar refractivity (Wildman–Crippen MR) is 264 cm³/mol. The van der Waals surface area contributed by atoms with Crippen LogP contribution in [0.4, 0.5) is 0 Å². The monoisotopic (exact) mass is 814 g/mol. The third-order valence-electron chi connectivity index (χ3n) is 14.0. The van der Waals surface area contributed by atoms with Crippen LogP contribution in [-0.4, -0.2) is 5.34 Å². The van der Waals surface area contributed by atoms with E-state index in [2.05, 4.69) is 194 Å². The summed E-state index contributed by atoms with van der Waals surface area (Å²) < 4.78 is 0. The number of alkyl halides is 2. The Labute approximate surface area is 363 Å². The SMILES string of the molecule is ClCCl.c1ccc2c(c1)c1c(c3ccccc32)C(C2c3c(c4ccccc4c4ccccc34)-c3c2c2ccccc2c2ccccc32)c2c-1c1ccccc1c1ccccc21. The molecule has 0 nitrogen and oxygen atoms in total. The third kappa shape index (κ3) is 4.67. The quantitative estimate of drug-likeness (QED) is 0.114. The lowest BCUT2D eigenvalue weighted by atomic mass is 9.73. The summed E-state index contributed by atoms with van der Waals surface area (Å²) in [6.45, 7) is 0. The van der Waals surface area contributed by atoms with Gasteiger partial charge >= 0.3 is 0 Å². The molecule has 61 heavy (non-hydrogen) atoms. The first-order valence-corrected chi connectivity index (χ1v) is 22.2. The van der Waals surface area contributed by atoms with Crippen LogP contribution in [0.2, 0.25) is 0 Å². The minimum Gasteiger partial charge on any atom is -0.109 e. The maximum atomic E-state index is 4.76. The highest BCUT2D eigenvalue weighted by Gasteiger charge is 2.47. The van der Waals surface area contributed by atoms with Gasteiger partial charge in [-0.2, -0.15) is 0 Å². The summed E-state index contributed by atoms with van der Waals surface area (Å²) in [5.74, 6) is 0.0614. The van der Waals surface area contributed by atoms with Gasteiger partial charge in [-0.05, 0) is 131 Å². The van der Waals surface area contributed by atoms with Gasteiger partial charge in [0, 0.05) is 11.8 Å². The number of fused-ring (bicyclic) bond motifs is 26. The van der Waals surface area contributed by atoms with E-state index in [1.54, 1.807) is 0 Å². The topological polar surface area (TPSA) is 0 Å². The highest BCUT2D eigenvalue weighted by atomic mass is 35.5. The van der Waals surface area contributed by atoms with Crippen LogP contribution in [0.5, 0.6) is 0 Å².